The molecule has 72 valence electrons. The van der Waals surface area contributed by atoms with Crippen LogP contribution in [0.25, 0.3) is 0 Å². The van der Waals surface area contributed by atoms with E-state index in [0.29, 0.717) is 0 Å². The molecule has 13 heavy (non-hydrogen) atoms. The Labute approximate surface area is 78.7 Å². The Kier molecular flexibility index (Phi) is 3.25. The number of nitrogens with zero attached hydrogens (tertiary/aromatic N) is 2. The Hall–Kier alpha value is -1.09. The molecule has 1 aromatic heterocycles. The summed E-state index contributed by atoms with van der Waals surface area (Å²) in [6, 6.07) is 0. The summed E-state index contributed by atoms with van der Waals surface area (Å²) in [6.45, 7) is 5.58. The molecule has 0 radical (unpaired) electrons. The summed E-state index contributed by atoms with van der Waals surface area (Å²) in [5, 5.41) is 13.8. The third-order valence-electron chi connectivity index (χ3n) is 2.28. The standard InChI is InChI=1S/C10H16N2O/c1-4-5-6-10(13)9-7-11-12(3)8(9)2/h4,7,10,13H,1,5-6H2,2-3H3. The van der Waals surface area contributed by atoms with Gasteiger partial charge in [0, 0.05) is 18.3 Å². The maximum absolute atomic E-state index is 9.74. The van der Waals surface area contributed by atoms with Crippen LogP contribution < -0.4 is 0 Å². The van der Waals surface area contributed by atoms with Crippen molar-refractivity contribution in [2.45, 2.75) is 25.9 Å². The van der Waals surface area contributed by atoms with Gasteiger partial charge in [0.15, 0.2) is 0 Å². The Bertz CT molecular complexity index is 291. The lowest BCUT2D eigenvalue weighted by Crippen LogP contribution is -1.99. The van der Waals surface area contributed by atoms with Crippen molar-refractivity contribution in [3.05, 3.63) is 30.1 Å². The highest BCUT2D eigenvalue weighted by molar-refractivity contribution is 5.18. The van der Waals surface area contributed by atoms with E-state index in [1.807, 2.05) is 20.0 Å². The zero-order valence-corrected chi connectivity index (χ0v) is 8.20. The van der Waals surface area contributed by atoms with Crippen LogP contribution in [-0.2, 0) is 7.05 Å². The van der Waals surface area contributed by atoms with Crippen LogP contribution in [-0.4, -0.2) is 14.9 Å². The Morgan fingerprint density at radius 3 is 2.92 bits per heavy atom. The molecule has 1 heterocycles. The van der Waals surface area contributed by atoms with Crippen LogP contribution in [0.2, 0.25) is 0 Å². The van der Waals surface area contributed by atoms with Crippen molar-refractivity contribution in [1.29, 1.82) is 0 Å². The molecule has 3 nitrogen and oxygen atoms in total. The molecule has 1 aromatic rings. The minimum absolute atomic E-state index is 0.410. The fourth-order valence-electron chi connectivity index (χ4n) is 1.27. The van der Waals surface area contributed by atoms with Crippen molar-refractivity contribution in [2.75, 3.05) is 0 Å². The average Bonchev–Trinajstić information content (AvgIpc) is 2.44. The molecule has 3 heteroatoms. The van der Waals surface area contributed by atoms with Gasteiger partial charge in [0.2, 0.25) is 0 Å². The highest BCUT2D eigenvalue weighted by Gasteiger charge is 2.12. The van der Waals surface area contributed by atoms with E-state index >= 15 is 0 Å². The van der Waals surface area contributed by atoms with Crippen molar-refractivity contribution in [3.63, 3.8) is 0 Å². The maximum atomic E-state index is 9.74. The number of aryl methyl sites for hydroxylation is 1. The monoisotopic (exact) mass is 180 g/mol. The molecule has 1 N–H and O–H groups in total. The van der Waals surface area contributed by atoms with Crippen molar-refractivity contribution >= 4 is 0 Å². The van der Waals surface area contributed by atoms with E-state index in [1.54, 1.807) is 10.9 Å². The highest BCUT2D eigenvalue weighted by atomic mass is 16.3. The molecule has 0 fully saturated rings. The first kappa shape index (κ1) is 9.99. The van der Waals surface area contributed by atoms with Crippen LogP contribution in [0.4, 0.5) is 0 Å². The van der Waals surface area contributed by atoms with E-state index in [4.69, 9.17) is 0 Å². The molecular weight excluding hydrogens is 164 g/mol. The van der Waals surface area contributed by atoms with Gasteiger partial charge in [-0.3, -0.25) is 4.68 Å². The summed E-state index contributed by atoms with van der Waals surface area (Å²) >= 11 is 0. The van der Waals surface area contributed by atoms with E-state index in [1.165, 1.54) is 0 Å². The largest absolute Gasteiger partial charge is 0.388 e. The van der Waals surface area contributed by atoms with Crippen molar-refractivity contribution in [2.24, 2.45) is 7.05 Å². The number of aromatic nitrogens is 2. The van der Waals surface area contributed by atoms with Crippen LogP contribution in [0.3, 0.4) is 0 Å². The topological polar surface area (TPSA) is 38.1 Å². The van der Waals surface area contributed by atoms with Gasteiger partial charge in [0.05, 0.1) is 12.3 Å². The lowest BCUT2D eigenvalue weighted by atomic mass is 10.1. The van der Waals surface area contributed by atoms with E-state index in [-0.39, 0.29) is 0 Å². The summed E-state index contributed by atoms with van der Waals surface area (Å²) < 4.78 is 1.77. The van der Waals surface area contributed by atoms with Crippen LogP contribution in [0, 0.1) is 6.92 Å². The van der Waals surface area contributed by atoms with Crippen LogP contribution >= 0.6 is 0 Å². The fourth-order valence-corrected chi connectivity index (χ4v) is 1.27. The third-order valence-corrected chi connectivity index (χ3v) is 2.28. The molecule has 0 bridgehead atoms. The van der Waals surface area contributed by atoms with Gasteiger partial charge in [0.25, 0.3) is 0 Å². The summed E-state index contributed by atoms with van der Waals surface area (Å²) in [6.07, 6.45) is 4.68. The van der Waals surface area contributed by atoms with Crippen molar-refractivity contribution < 1.29 is 5.11 Å². The summed E-state index contributed by atoms with van der Waals surface area (Å²) in [4.78, 5) is 0. The zero-order chi connectivity index (χ0) is 9.84. The minimum atomic E-state index is -0.410. The number of aliphatic hydroxyl groups excluding tert-OH is 1. The molecule has 0 aliphatic rings. The molecule has 0 amide bonds. The smallest absolute Gasteiger partial charge is 0.0826 e. The van der Waals surface area contributed by atoms with Gasteiger partial charge < -0.3 is 5.11 Å². The predicted molar refractivity (Wildman–Crippen MR) is 52.3 cm³/mol. The first-order valence-corrected chi connectivity index (χ1v) is 4.44. The van der Waals surface area contributed by atoms with Gasteiger partial charge in [-0.05, 0) is 19.8 Å². The second-order valence-corrected chi connectivity index (χ2v) is 3.19. The van der Waals surface area contributed by atoms with Gasteiger partial charge in [-0.25, -0.2) is 0 Å². The highest BCUT2D eigenvalue weighted by Crippen LogP contribution is 2.20. The number of aliphatic hydroxyl groups is 1. The van der Waals surface area contributed by atoms with Gasteiger partial charge in [-0.1, -0.05) is 6.08 Å². The molecule has 0 spiro atoms. The summed E-state index contributed by atoms with van der Waals surface area (Å²) in [7, 11) is 1.87. The first-order valence-electron chi connectivity index (χ1n) is 4.44. The number of hydrogen-bond acceptors (Lipinski definition) is 2. The van der Waals surface area contributed by atoms with Crippen LogP contribution in [0.5, 0.6) is 0 Å². The molecule has 1 unspecified atom stereocenters. The van der Waals surface area contributed by atoms with Gasteiger partial charge in [0.1, 0.15) is 0 Å². The Morgan fingerprint density at radius 1 is 1.77 bits per heavy atom. The number of allylic oxidation sites excluding steroid dienone is 1. The van der Waals surface area contributed by atoms with Gasteiger partial charge in [-0.15, -0.1) is 6.58 Å². The first-order chi connectivity index (χ1) is 6.16. The maximum Gasteiger partial charge on any atom is 0.0826 e. The summed E-state index contributed by atoms with van der Waals surface area (Å²) in [5.41, 5.74) is 1.95. The van der Waals surface area contributed by atoms with Gasteiger partial charge >= 0.3 is 0 Å². The molecule has 0 saturated heterocycles. The Morgan fingerprint density at radius 2 is 2.46 bits per heavy atom. The second kappa shape index (κ2) is 4.23. The number of hydrogen-bond donors (Lipinski definition) is 1. The Balaban J connectivity index is 2.70. The predicted octanol–water partition coefficient (Wildman–Crippen LogP) is 1.73. The molecule has 0 aliphatic carbocycles. The van der Waals surface area contributed by atoms with E-state index in [2.05, 4.69) is 11.7 Å². The molecule has 1 rings (SSSR count). The van der Waals surface area contributed by atoms with E-state index in [9.17, 15) is 5.11 Å². The molecule has 1 atom stereocenters. The minimum Gasteiger partial charge on any atom is -0.388 e. The van der Waals surface area contributed by atoms with Crippen LogP contribution in [0.1, 0.15) is 30.2 Å². The lowest BCUT2D eigenvalue weighted by Gasteiger charge is -2.08. The summed E-state index contributed by atoms with van der Waals surface area (Å²) in [5.74, 6) is 0. The molecule has 0 aromatic carbocycles. The van der Waals surface area contributed by atoms with Crippen molar-refractivity contribution in [1.82, 2.24) is 9.78 Å². The SMILES string of the molecule is C=CCCC(O)c1cnn(C)c1C. The molecule has 0 saturated carbocycles. The van der Waals surface area contributed by atoms with E-state index in [0.717, 1.165) is 24.1 Å². The molecular formula is C10H16N2O. The molecule has 0 aliphatic heterocycles. The lowest BCUT2D eigenvalue weighted by molar-refractivity contribution is 0.168. The van der Waals surface area contributed by atoms with Gasteiger partial charge in [-0.2, -0.15) is 5.10 Å². The second-order valence-electron chi connectivity index (χ2n) is 3.19. The average molecular weight is 180 g/mol. The number of rotatable bonds is 4. The zero-order valence-electron chi connectivity index (χ0n) is 8.20. The van der Waals surface area contributed by atoms with E-state index < -0.39 is 6.10 Å². The fraction of sp³-hybridized carbons (Fsp3) is 0.500. The normalized spacial score (nSPS) is 12.8. The third kappa shape index (κ3) is 2.18. The van der Waals surface area contributed by atoms with Crippen LogP contribution in [0.15, 0.2) is 18.9 Å². The van der Waals surface area contributed by atoms with Crippen molar-refractivity contribution in [3.8, 4) is 0 Å². The quantitative estimate of drug-likeness (QED) is 0.716.